The number of aromatic nitrogens is 2. The number of aryl methyl sites for hydroxylation is 2. The third-order valence-corrected chi connectivity index (χ3v) is 5.82. The third-order valence-electron chi connectivity index (χ3n) is 4.94. The zero-order valence-corrected chi connectivity index (χ0v) is 17.2. The lowest BCUT2D eigenvalue weighted by atomic mass is 9.99. The summed E-state index contributed by atoms with van der Waals surface area (Å²) in [7, 11) is 1.55. The summed E-state index contributed by atoms with van der Waals surface area (Å²) in [6, 6.07) is 13.1. The standard InChI is InChI=1S/C23H20N2O3S/c1-14-7-8-18(15(2)9-14)19-12-29-22-21(19)23(27)25(13-24-22)11-20(26)16-5-4-6-17(10-16)28-3/h4-10,12-13H,11H2,1-3H3. The van der Waals surface area contributed by atoms with Crippen LogP contribution in [0.25, 0.3) is 21.3 Å². The van der Waals surface area contributed by atoms with E-state index < -0.39 is 0 Å². The Kier molecular flexibility index (Phi) is 5.03. The van der Waals surface area contributed by atoms with Crippen molar-refractivity contribution in [3.63, 3.8) is 0 Å². The molecular formula is C23H20N2O3S. The number of ether oxygens (including phenoxy) is 1. The van der Waals surface area contributed by atoms with Crippen molar-refractivity contribution in [2.24, 2.45) is 0 Å². The van der Waals surface area contributed by atoms with Crippen LogP contribution in [-0.2, 0) is 6.54 Å². The molecule has 0 spiro atoms. The highest BCUT2D eigenvalue weighted by Gasteiger charge is 2.16. The summed E-state index contributed by atoms with van der Waals surface area (Å²) in [6.45, 7) is 4.01. The molecule has 0 N–H and O–H groups in total. The SMILES string of the molecule is COc1cccc(C(=O)Cn2cnc3scc(-c4ccc(C)cc4C)c3c2=O)c1. The lowest BCUT2D eigenvalue weighted by molar-refractivity contribution is 0.0970. The summed E-state index contributed by atoms with van der Waals surface area (Å²) >= 11 is 1.44. The summed E-state index contributed by atoms with van der Waals surface area (Å²) in [4.78, 5) is 31.0. The summed E-state index contributed by atoms with van der Waals surface area (Å²) in [5, 5.41) is 2.52. The summed E-state index contributed by atoms with van der Waals surface area (Å²) in [6.07, 6.45) is 1.45. The van der Waals surface area contributed by atoms with Crippen LogP contribution in [0.4, 0.5) is 0 Å². The van der Waals surface area contributed by atoms with Gasteiger partial charge in [-0.2, -0.15) is 0 Å². The van der Waals surface area contributed by atoms with Crippen molar-refractivity contribution in [2.75, 3.05) is 7.11 Å². The molecule has 0 fully saturated rings. The predicted octanol–water partition coefficient (Wildman–Crippen LogP) is 4.63. The molecule has 4 rings (SSSR count). The molecule has 2 aromatic carbocycles. The van der Waals surface area contributed by atoms with Gasteiger partial charge in [-0.15, -0.1) is 11.3 Å². The molecule has 0 saturated carbocycles. The van der Waals surface area contributed by atoms with Gasteiger partial charge >= 0.3 is 0 Å². The van der Waals surface area contributed by atoms with Crippen molar-refractivity contribution in [2.45, 2.75) is 20.4 Å². The average Bonchev–Trinajstić information content (AvgIpc) is 3.14. The minimum absolute atomic E-state index is 0.0723. The van der Waals surface area contributed by atoms with Crippen molar-refractivity contribution in [1.82, 2.24) is 9.55 Å². The number of benzene rings is 2. The van der Waals surface area contributed by atoms with E-state index in [-0.39, 0.29) is 17.9 Å². The van der Waals surface area contributed by atoms with Gasteiger partial charge in [0.15, 0.2) is 5.78 Å². The Morgan fingerprint density at radius 2 is 1.97 bits per heavy atom. The first-order valence-electron chi connectivity index (χ1n) is 9.19. The number of nitrogens with zero attached hydrogens (tertiary/aromatic N) is 2. The maximum atomic E-state index is 13.2. The Morgan fingerprint density at radius 3 is 2.72 bits per heavy atom. The van der Waals surface area contributed by atoms with Crippen LogP contribution in [0.2, 0.25) is 0 Å². The van der Waals surface area contributed by atoms with E-state index in [2.05, 4.69) is 11.1 Å². The zero-order chi connectivity index (χ0) is 20.5. The Balaban J connectivity index is 1.76. The van der Waals surface area contributed by atoms with Gasteiger partial charge in [-0.25, -0.2) is 4.98 Å². The van der Waals surface area contributed by atoms with Gasteiger partial charge in [-0.3, -0.25) is 14.2 Å². The maximum Gasteiger partial charge on any atom is 0.263 e. The molecule has 0 aliphatic carbocycles. The Labute approximate surface area is 172 Å². The van der Waals surface area contributed by atoms with Crippen LogP contribution >= 0.6 is 11.3 Å². The molecule has 0 aliphatic rings. The van der Waals surface area contributed by atoms with Crippen molar-refractivity contribution < 1.29 is 9.53 Å². The average molecular weight is 404 g/mol. The van der Waals surface area contributed by atoms with E-state index in [9.17, 15) is 9.59 Å². The largest absolute Gasteiger partial charge is 0.497 e. The number of hydrogen-bond donors (Lipinski definition) is 0. The van der Waals surface area contributed by atoms with Gasteiger partial charge in [0, 0.05) is 16.5 Å². The molecule has 4 aromatic rings. The number of carbonyl (C=O) groups excluding carboxylic acids is 1. The first kappa shape index (κ1) is 19.1. The van der Waals surface area contributed by atoms with Crippen molar-refractivity contribution in [1.29, 1.82) is 0 Å². The van der Waals surface area contributed by atoms with Crippen LogP contribution in [0.15, 0.2) is 59.0 Å². The first-order chi connectivity index (χ1) is 14.0. The van der Waals surface area contributed by atoms with E-state index in [0.29, 0.717) is 21.5 Å². The summed E-state index contributed by atoms with van der Waals surface area (Å²) in [5.41, 5.74) is 4.44. The molecule has 0 aliphatic heterocycles. The molecule has 0 bridgehead atoms. The van der Waals surface area contributed by atoms with Gasteiger partial charge in [-0.05, 0) is 37.1 Å². The van der Waals surface area contributed by atoms with Gasteiger partial charge in [-0.1, -0.05) is 35.9 Å². The molecule has 0 atom stereocenters. The van der Waals surface area contributed by atoms with E-state index in [4.69, 9.17) is 4.74 Å². The number of rotatable bonds is 5. The van der Waals surface area contributed by atoms with E-state index in [1.807, 2.05) is 31.4 Å². The molecule has 146 valence electrons. The highest BCUT2D eigenvalue weighted by Crippen LogP contribution is 2.33. The number of fused-ring (bicyclic) bond motifs is 1. The van der Waals surface area contributed by atoms with E-state index in [1.54, 1.807) is 31.4 Å². The zero-order valence-electron chi connectivity index (χ0n) is 16.4. The first-order valence-corrected chi connectivity index (χ1v) is 10.1. The summed E-state index contributed by atoms with van der Waals surface area (Å²) in [5.74, 6) is 0.433. The van der Waals surface area contributed by atoms with E-state index in [1.165, 1.54) is 27.8 Å². The van der Waals surface area contributed by atoms with Crippen LogP contribution in [0, 0.1) is 13.8 Å². The van der Waals surface area contributed by atoms with Crippen molar-refractivity contribution in [3.8, 4) is 16.9 Å². The Morgan fingerprint density at radius 1 is 1.14 bits per heavy atom. The topological polar surface area (TPSA) is 61.2 Å². The van der Waals surface area contributed by atoms with Gasteiger partial charge in [0.2, 0.25) is 0 Å². The molecule has 0 radical (unpaired) electrons. The van der Waals surface area contributed by atoms with Crippen LogP contribution in [0.3, 0.4) is 0 Å². The van der Waals surface area contributed by atoms with Crippen LogP contribution in [-0.4, -0.2) is 22.4 Å². The minimum Gasteiger partial charge on any atom is -0.497 e. The van der Waals surface area contributed by atoms with Gasteiger partial charge < -0.3 is 4.74 Å². The van der Waals surface area contributed by atoms with Crippen molar-refractivity contribution in [3.05, 3.63) is 81.2 Å². The minimum atomic E-state index is -0.206. The third kappa shape index (κ3) is 3.59. The number of Topliss-reactive ketones (excluding diaryl/α,β-unsaturated/α-hetero) is 1. The molecule has 2 heterocycles. The summed E-state index contributed by atoms with van der Waals surface area (Å²) < 4.78 is 6.56. The fourth-order valence-corrected chi connectivity index (χ4v) is 4.33. The maximum absolute atomic E-state index is 13.2. The molecule has 29 heavy (non-hydrogen) atoms. The normalized spacial score (nSPS) is 11.0. The quantitative estimate of drug-likeness (QED) is 0.455. The monoisotopic (exact) mass is 404 g/mol. The molecule has 2 aromatic heterocycles. The fraction of sp³-hybridized carbons (Fsp3) is 0.174. The number of carbonyl (C=O) groups is 1. The number of hydrogen-bond acceptors (Lipinski definition) is 5. The Bertz CT molecular complexity index is 1290. The van der Waals surface area contributed by atoms with Crippen molar-refractivity contribution >= 4 is 27.3 Å². The second-order valence-corrected chi connectivity index (χ2v) is 7.84. The van der Waals surface area contributed by atoms with Gasteiger partial charge in [0.05, 0.1) is 25.4 Å². The highest BCUT2D eigenvalue weighted by atomic mass is 32.1. The van der Waals surface area contributed by atoms with Gasteiger partial charge in [0.25, 0.3) is 5.56 Å². The van der Waals surface area contributed by atoms with Crippen LogP contribution in [0.1, 0.15) is 21.5 Å². The van der Waals surface area contributed by atoms with E-state index >= 15 is 0 Å². The highest BCUT2D eigenvalue weighted by molar-refractivity contribution is 7.17. The van der Waals surface area contributed by atoms with Gasteiger partial charge in [0.1, 0.15) is 10.6 Å². The molecular weight excluding hydrogens is 384 g/mol. The Hall–Kier alpha value is -3.25. The van der Waals surface area contributed by atoms with Crippen LogP contribution < -0.4 is 10.3 Å². The fourth-order valence-electron chi connectivity index (χ4n) is 3.44. The molecule has 0 unspecified atom stereocenters. The predicted molar refractivity (Wildman–Crippen MR) is 116 cm³/mol. The molecule has 5 nitrogen and oxygen atoms in total. The lowest BCUT2D eigenvalue weighted by Crippen LogP contribution is -2.24. The molecule has 6 heteroatoms. The molecule has 0 saturated heterocycles. The number of methoxy groups -OCH3 is 1. The second-order valence-electron chi connectivity index (χ2n) is 6.98. The van der Waals surface area contributed by atoms with Crippen LogP contribution in [0.5, 0.6) is 5.75 Å². The molecule has 0 amide bonds. The smallest absolute Gasteiger partial charge is 0.263 e. The second kappa shape index (κ2) is 7.64. The van der Waals surface area contributed by atoms with E-state index in [0.717, 1.165) is 16.7 Å². The lowest BCUT2D eigenvalue weighted by Gasteiger charge is -2.08. The number of ketones is 1. The number of thiophene rings is 1.